The van der Waals surface area contributed by atoms with Crippen LogP contribution in [0.2, 0.25) is 0 Å². The lowest BCUT2D eigenvalue weighted by Crippen LogP contribution is -2.22. The van der Waals surface area contributed by atoms with Gasteiger partial charge in [-0.15, -0.1) is 0 Å². The molecule has 0 fully saturated rings. The van der Waals surface area contributed by atoms with Gasteiger partial charge in [-0.3, -0.25) is 4.79 Å². The number of hydrogen-bond acceptors (Lipinski definition) is 4. The van der Waals surface area contributed by atoms with Gasteiger partial charge >= 0.3 is 0 Å². The third-order valence-corrected chi connectivity index (χ3v) is 4.04. The summed E-state index contributed by atoms with van der Waals surface area (Å²) >= 11 is 0. The highest BCUT2D eigenvalue weighted by Gasteiger charge is 2.07. The molecule has 0 unspecified atom stereocenters. The Balaban J connectivity index is 1.63. The number of rotatable bonds is 6. The topological polar surface area (TPSA) is 57.3 Å². The molecule has 1 heterocycles. The number of benzene rings is 2. The Hall–Kier alpha value is -3.41. The van der Waals surface area contributed by atoms with Gasteiger partial charge in [0.2, 0.25) is 0 Å². The molecule has 0 aliphatic rings. The Morgan fingerprint density at radius 3 is 2.41 bits per heavy atom. The van der Waals surface area contributed by atoms with Gasteiger partial charge in [-0.2, -0.15) is 0 Å². The Kier molecular flexibility index (Phi) is 5.66. The van der Waals surface area contributed by atoms with Gasteiger partial charge in [0.05, 0.1) is 0 Å². The maximum Gasteiger partial charge on any atom is 0.251 e. The standard InChI is InChI=1S/C21H21FN4O/c1-26(2)19-9-7-18(8-10-19)25-20-13-16(11-12-23-20)21(27)24-14-15-3-5-17(22)6-4-15/h3-13H,14H2,1-2H3,(H,23,25)(H,24,27). The van der Waals surface area contributed by atoms with Crippen LogP contribution < -0.4 is 15.5 Å². The molecule has 1 aromatic heterocycles. The van der Waals surface area contributed by atoms with Crippen LogP contribution in [0.15, 0.2) is 66.9 Å². The maximum absolute atomic E-state index is 12.9. The van der Waals surface area contributed by atoms with Crippen molar-refractivity contribution in [1.29, 1.82) is 0 Å². The van der Waals surface area contributed by atoms with E-state index in [2.05, 4.69) is 15.6 Å². The van der Waals surface area contributed by atoms with Gasteiger partial charge in [-0.25, -0.2) is 9.37 Å². The first kappa shape index (κ1) is 18.4. The lowest BCUT2D eigenvalue weighted by Gasteiger charge is -2.13. The smallest absolute Gasteiger partial charge is 0.251 e. The number of halogens is 1. The van der Waals surface area contributed by atoms with Gasteiger partial charge in [0.15, 0.2) is 0 Å². The van der Waals surface area contributed by atoms with E-state index in [0.717, 1.165) is 16.9 Å². The van der Waals surface area contributed by atoms with Gasteiger partial charge in [-0.1, -0.05) is 12.1 Å². The Bertz CT molecular complexity index is 908. The Morgan fingerprint density at radius 2 is 1.74 bits per heavy atom. The maximum atomic E-state index is 12.9. The molecule has 1 amide bonds. The third-order valence-electron chi connectivity index (χ3n) is 4.04. The summed E-state index contributed by atoms with van der Waals surface area (Å²) in [6.45, 7) is 0.330. The van der Waals surface area contributed by atoms with E-state index in [1.165, 1.54) is 12.1 Å². The fraction of sp³-hybridized carbons (Fsp3) is 0.143. The molecular weight excluding hydrogens is 343 g/mol. The molecule has 2 aromatic carbocycles. The minimum Gasteiger partial charge on any atom is -0.378 e. The molecule has 3 aromatic rings. The minimum absolute atomic E-state index is 0.215. The van der Waals surface area contributed by atoms with E-state index < -0.39 is 0 Å². The molecule has 0 aliphatic carbocycles. The minimum atomic E-state index is -0.298. The van der Waals surface area contributed by atoms with Crippen LogP contribution in [-0.4, -0.2) is 25.0 Å². The molecule has 0 saturated heterocycles. The summed E-state index contributed by atoms with van der Waals surface area (Å²) in [7, 11) is 3.97. The number of carbonyl (C=O) groups excluding carboxylic acids is 1. The van der Waals surface area contributed by atoms with Crippen molar-refractivity contribution < 1.29 is 9.18 Å². The van der Waals surface area contributed by atoms with E-state index in [4.69, 9.17) is 0 Å². The first-order chi connectivity index (χ1) is 13.0. The average Bonchev–Trinajstić information content (AvgIpc) is 2.68. The first-order valence-electron chi connectivity index (χ1n) is 8.54. The van der Waals surface area contributed by atoms with Crippen molar-refractivity contribution in [3.63, 3.8) is 0 Å². The van der Waals surface area contributed by atoms with Crippen LogP contribution in [0.5, 0.6) is 0 Å². The monoisotopic (exact) mass is 364 g/mol. The summed E-state index contributed by atoms with van der Waals surface area (Å²) in [5.74, 6) is 0.0725. The van der Waals surface area contributed by atoms with Crippen molar-refractivity contribution in [2.75, 3.05) is 24.3 Å². The number of anilines is 3. The molecule has 2 N–H and O–H groups in total. The largest absolute Gasteiger partial charge is 0.378 e. The number of carbonyl (C=O) groups is 1. The fourth-order valence-electron chi connectivity index (χ4n) is 2.52. The molecule has 6 heteroatoms. The van der Waals surface area contributed by atoms with Gasteiger partial charge in [0.25, 0.3) is 5.91 Å². The normalized spacial score (nSPS) is 10.3. The molecule has 0 bridgehead atoms. The summed E-state index contributed by atoms with van der Waals surface area (Å²) in [6.07, 6.45) is 1.59. The second-order valence-corrected chi connectivity index (χ2v) is 6.31. The fourth-order valence-corrected chi connectivity index (χ4v) is 2.52. The number of pyridine rings is 1. The molecule has 0 atom stereocenters. The molecule has 27 heavy (non-hydrogen) atoms. The predicted molar refractivity (Wildman–Crippen MR) is 106 cm³/mol. The van der Waals surface area contributed by atoms with E-state index in [1.807, 2.05) is 43.3 Å². The summed E-state index contributed by atoms with van der Waals surface area (Å²) in [4.78, 5) is 18.6. The summed E-state index contributed by atoms with van der Waals surface area (Å²) < 4.78 is 12.9. The van der Waals surface area contributed by atoms with Crippen LogP contribution in [0.4, 0.5) is 21.6 Å². The second kappa shape index (κ2) is 8.31. The molecule has 0 aliphatic heterocycles. The van der Waals surface area contributed by atoms with Crippen molar-refractivity contribution >= 4 is 23.1 Å². The molecule has 0 saturated carbocycles. The van der Waals surface area contributed by atoms with Gasteiger partial charge in [-0.05, 0) is 54.1 Å². The highest BCUT2D eigenvalue weighted by molar-refractivity contribution is 5.94. The molecular formula is C21H21FN4O. The zero-order valence-electron chi connectivity index (χ0n) is 15.2. The molecule has 3 rings (SSSR count). The van der Waals surface area contributed by atoms with E-state index in [-0.39, 0.29) is 11.7 Å². The quantitative estimate of drug-likeness (QED) is 0.695. The van der Waals surface area contributed by atoms with E-state index in [1.54, 1.807) is 30.5 Å². The van der Waals surface area contributed by atoms with Gasteiger partial charge in [0.1, 0.15) is 11.6 Å². The van der Waals surface area contributed by atoms with Crippen molar-refractivity contribution in [2.45, 2.75) is 6.54 Å². The van der Waals surface area contributed by atoms with E-state index in [9.17, 15) is 9.18 Å². The summed E-state index contributed by atoms with van der Waals surface area (Å²) in [5, 5.41) is 6.02. The van der Waals surface area contributed by atoms with Crippen LogP contribution in [0.1, 0.15) is 15.9 Å². The van der Waals surface area contributed by atoms with Crippen LogP contribution in [-0.2, 0) is 6.54 Å². The lowest BCUT2D eigenvalue weighted by molar-refractivity contribution is 0.0951. The van der Waals surface area contributed by atoms with Crippen LogP contribution in [0.3, 0.4) is 0 Å². The first-order valence-corrected chi connectivity index (χ1v) is 8.54. The zero-order valence-corrected chi connectivity index (χ0v) is 15.2. The van der Waals surface area contributed by atoms with Crippen LogP contribution >= 0.6 is 0 Å². The van der Waals surface area contributed by atoms with Crippen molar-refractivity contribution in [2.24, 2.45) is 0 Å². The van der Waals surface area contributed by atoms with Crippen molar-refractivity contribution in [3.05, 3.63) is 83.8 Å². The van der Waals surface area contributed by atoms with E-state index >= 15 is 0 Å². The van der Waals surface area contributed by atoms with Gasteiger partial charge < -0.3 is 15.5 Å². The Labute approximate surface area is 157 Å². The average molecular weight is 364 g/mol. The predicted octanol–water partition coefficient (Wildman–Crippen LogP) is 3.96. The van der Waals surface area contributed by atoms with Crippen LogP contribution in [0, 0.1) is 5.82 Å². The molecule has 5 nitrogen and oxygen atoms in total. The van der Waals surface area contributed by atoms with Crippen LogP contribution in [0.25, 0.3) is 0 Å². The van der Waals surface area contributed by atoms with E-state index in [0.29, 0.717) is 17.9 Å². The number of hydrogen-bond donors (Lipinski definition) is 2. The highest BCUT2D eigenvalue weighted by Crippen LogP contribution is 2.19. The summed E-state index contributed by atoms with van der Waals surface area (Å²) in [5.41, 5.74) is 3.32. The summed E-state index contributed by atoms with van der Waals surface area (Å²) in [6, 6.07) is 17.3. The van der Waals surface area contributed by atoms with Gasteiger partial charge in [0, 0.05) is 43.8 Å². The third kappa shape index (κ3) is 5.04. The SMILES string of the molecule is CN(C)c1ccc(Nc2cc(C(=O)NCc3ccc(F)cc3)ccn2)cc1. The highest BCUT2D eigenvalue weighted by atomic mass is 19.1. The number of aromatic nitrogens is 1. The molecule has 0 spiro atoms. The number of nitrogens with one attached hydrogen (secondary N) is 2. The second-order valence-electron chi connectivity index (χ2n) is 6.31. The molecule has 0 radical (unpaired) electrons. The van der Waals surface area contributed by atoms with Crippen molar-refractivity contribution in [3.8, 4) is 0 Å². The molecule has 138 valence electrons. The number of nitrogens with zero attached hydrogens (tertiary/aromatic N) is 2. The number of amides is 1. The van der Waals surface area contributed by atoms with Crippen molar-refractivity contribution in [1.82, 2.24) is 10.3 Å². The zero-order chi connectivity index (χ0) is 19.2. The lowest BCUT2D eigenvalue weighted by atomic mass is 10.2. The Morgan fingerprint density at radius 1 is 1.04 bits per heavy atom.